The number of rotatable bonds is 7. The van der Waals surface area contributed by atoms with Crippen molar-refractivity contribution in [2.45, 2.75) is 25.0 Å². The first-order valence-electron chi connectivity index (χ1n) is 7.27. The predicted molar refractivity (Wildman–Crippen MR) is 86.5 cm³/mol. The largest absolute Gasteiger partial charge is 0.215 e. The van der Waals surface area contributed by atoms with E-state index < -0.39 is 10.0 Å². The third-order valence-electron chi connectivity index (χ3n) is 3.58. The molecule has 0 saturated heterocycles. The van der Waals surface area contributed by atoms with Crippen LogP contribution in [0.15, 0.2) is 54.6 Å². The summed E-state index contributed by atoms with van der Waals surface area (Å²) in [5, 5.41) is 0. The van der Waals surface area contributed by atoms with E-state index >= 15 is 0 Å². The Kier molecular flexibility index (Phi) is 5.69. The number of halogens is 1. The Morgan fingerprint density at radius 1 is 1.05 bits per heavy atom. The van der Waals surface area contributed by atoms with E-state index in [0.29, 0.717) is 12.1 Å². The first kappa shape index (κ1) is 16.6. The lowest BCUT2D eigenvalue weighted by Crippen LogP contribution is -2.29. The van der Waals surface area contributed by atoms with E-state index in [-0.39, 0.29) is 17.5 Å². The van der Waals surface area contributed by atoms with Gasteiger partial charge in [0, 0.05) is 6.54 Å². The van der Waals surface area contributed by atoms with Gasteiger partial charge in [-0.25, -0.2) is 17.5 Å². The summed E-state index contributed by atoms with van der Waals surface area (Å²) >= 11 is 0. The summed E-state index contributed by atoms with van der Waals surface area (Å²) in [5.74, 6) is -0.369. The van der Waals surface area contributed by atoms with Crippen LogP contribution in [-0.4, -0.2) is 15.0 Å². The molecule has 0 saturated carbocycles. The summed E-state index contributed by atoms with van der Waals surface area (Å²) in [6, 6.07) is 15.4. The molecular formula is C17H20FNO2S. The van der Waals surface area contributed by atoms with Crippen LogP contribution in [0.25, 0.3) is 0 Å². The molecule has 0 heterocycles. The van der Waals surface area contributed by atoms with E-state index in [1.807, 2.05) is 37.3 Å². The molecule has 0 bridgehead atoms. The van der Waals surface area contributed by atoms with Crippen molar-refractivity contribution >= 4 is 10.0 Å². The molecule has 5 heteroatoms. The fraction of sp³-hybridized carbons (Fsp3) is 0.294. The molecule has 0 fully saturated rings. The highest BCUT2D eigenvalue weighted by Gasteiger charge is 2.15. The summed E-state index contributed by atoms with van der Waals surface area (Å²) in [6.45, 7) is 2.40. The normalized spacial score (nSPS) is 13.0. The monoisotopic (exact) mass is 321 g/mol. The van der Waals surface area contributed by atoms with Gasteiger partial charge < -0.3 is 0 Å². The van der Waals surface area contributed by atoms with Crippen LogP contribution in [0, 0.1) is 5.82 Å². The SMILES string of the molecule is CCC(CNS(=O)(=O)Cc1ccc(F)cc1)c1ccccc1. The predicted octanol–water partition coefficient (Wildman–Crippen LogP) is 3.44. The van der Waals surface area contributed by atoms with Crippen LogP contribution in [-0.2, 0) is 15.8 Å². The molecule has 1 N–H and O–H groups in total. The van der Waals surface area contributed by atoms with Gasteiger partial charge in [0.05, 0.1) is 5.75 Å². The second-order valence-corrected chi connectivity index (χ2v) is 7.06. The average molecular weight is 321 g/mol. The van der Waals surface area contributed by atoms with Crippen molar-refractivity contribution in [2.75, 3.05) is 6.54 Å². The van der Waals surface area contributed by atoms with Crippen molar-refractivity contribution in [3.05, 3.63) is 71.5 Å². The van der Waals surface area contributed by atoms with Crippen LogP contribution in [0.4, 0.5) is 4.39 Å². The molecule has 0 aliphatic rings. The van der Waals surface area contributed by atoms with E-state index in [1.54, 1.807) is 0 Å². The van der Waals surface area contributed by atoms with Gasteiger partial charge in [-0.3, -0.25) is 0 Å². The lowest BCUT2D eigenvalue weighted by atomic mass is 9.97. The Morgan fingerprint density at radius 3 is 2.27 bits per heavy atom. The molecule has 1 atom stereocenters. The Balaban J connectivity index is 1.98. The van der Waals surface area contributed by atoms with Crippen LogP contribution in [0.5, 0.6) is 0 Å². The van der Waals surface area contributed by atoms with Crippen molar-refractivity contribution in [1.29, 1.82) is 0 Å². The maximum absolute atomic E-state index is 12.8. The molecular weight excluding hydrogens is 301 g/mol. The fourth-order valence-corrected chi connectivity index (χ4v) is 3.49. The van der Waals surface area contributed by atoms with Gasteiger partial charge in [-0.2, -0.15) is 0 Å². The van der Waals surface area contributed by atoms with Crippen molar-refractivity contribution in [1.82, 2.24) is 4.72 Å². The van der Waals surface area contributed by atoms with E-state index in [9.17, 15) is 12.8 Å². The summed E-state index contributed by atoms with van der Waals surface area (Å²) in [6.07, 6.45) is 0.850. The summed E-state index contributed by atoms with van der Waals surface area (Å²) in [7, 11) is -3.43. The van der Waals surface area contributed by atoms with Gasteiger partial charge in [0.1, 0.15) is 5.82 Å². The van der Waals surface area contributed by atoms with Crippen LogP contribution >= 0.6 is 0 Å². The smallest absolute Gasteiger partial charge is 0.214 e. The molecule has 22 heavy (non-hydrogen) atoms. The molecule has 0 radical (unpaired) electrons. The Morgan fingerprint density at radius 2 is 1.68 bits per heavy atom. The molecule has 0 aliphatic carbocycles. The maximum atomic E-state index is 12.8. The Hall–Kier alpha value is -1.72. The van der Waals surface area contributed by atoms with E-state index in [4.69, 9.17) is 0 Å². The number of hydrogen-bond acceptors (Lipinski definition) is 2. The number of hydrogen-bond donors (Lipinski definition) is 1. The van der Waals surface area contributed by atoms with Gasteiger partial charge in [0.2, 0.25) is 10.0 Å². The third-order valence-corrected chi connectivity index (χ3v) is 4.90. The van der Waals surface area contributed by atoms with Crippen molar-refractivity contribution in [3.63, 3.8) is 0 Å². The average Bonchev–Trinajstić information content (AvgIpc) is 2.51. The van der Waals surface area contributed by atoms with Crippen LogP contribution < -0.4 is 4.72 Å². The highest BCUT2D eigenvalue weighted by Crippen LogP contribution is 2.18. The van der Waals surface area contributed by atoms with Crippen LogP contribution in [0.2, 0.25) is 0 Å². The molecule has 0 aromatic heterocycles. The van der Waals surface area contributed by atoms with E-state index in [1.165, 1.54) is 24.3 Å². The topological polar surface area (TPSA) is 46.2 Å². The standard InChI is InChI=1S/C17H20FNO2S/c1-2-15(16-6-4-3-5-7-16)12-19-22(20,21)13-14-8-10-17(18)11-9-14/h3-11,15,19H,2,12-13H2,1H3. The molecule has 2 aromatic carbocycles. The van der Waals surface area contributed by atoms with Crippen LogP contribution in [0.1, 0.15) is 30.4 Å². The molecule has 0 amide bonds. The number of nitrogens with one attached hydrogen (secondary N) is 1. The molecule has 2 aromatic rings. The minimum Gasteiger partial charge on any atom is -0.214 e. The molecule has 0 spiro atoms. The first-order chi connectivity index (χ1) is 10.5. The summed E-state index contributed by atoms with van der Waals surface area (Å²) in [5.41, 5.74) is 1.69. The van der Waals surface area contributed by atoms with E-state index in [2.05, 4.69) is 4.72 Å². The highest BCUT2D eigenvalue weighted by molar-refractivity contribution is 7.88. The number of sulfonamides is 1. The Labute approximate surface area is 131 Å². The number of benzene rings is 2. The lowest BCUT2D eigenvalue weighted by Gasteiger charge is -2.16. The molecule has 3 nitrogen and oxygen atoms in total. The van der Waals surface area contributed by atoms with Gasteiger partial charge in [0.25, 0.3) is 0 Å². The molecule has 0 aliphatic heterocycles. The van der Waals surface area contributed by atoms with Gasteiger partial charge in [-0.1, -0.05) is 49.4 Å². The zero-order valence-corrected chi connectivity index (χ0v) is 13.3. The van der Waals surface area contributed by atoms with Crippen molar-refractivity contribution in [2.24, 2.45) is 0 Å². The van der Waals surface area contributed by atoms with Gasteiger partial charge in [0.15, 0.2) is 0 Å². The minimum absolute atomic E-state index is 0.140. The van der Waals surface area contributed by atoms with Gasteiger partial charge in [-0.05, 0) is 35.6 Å². The van der Waals surface area contributed by atoms with Crippen molar-refractivity contribution < 1.29 is 12.8 Å². The third kappa shape index (κ3) is 4.93. The zero-order valence-electron chi connectivity index (χ0n) is 12.5. The van der Waals surface area contributed by atoms with E-state index in [0.717, 1.165) is 12.0 Å². The van der Waals surface area contributed by atoms with Crippen LogP contribution in [0.3, 0.4) is 0 Å². The second kappa shape index (κ2) is 7.51. The lowest BCUT2D eigenvalue weighted by molar-refractivity contribution is 0.565. The first-order valence-corrected chi connectivity index (χ1v) is 8.92. The van der Waals surface area contributed by atoms with Gasteiger partial charge in [-0.15, -0.1) is 0 Å². The van der Waals surface area contributed by atoms with Gasteiger partial charge >= 0.3 is 0 Å². The maximum Gasteiger partial charge on any atom is 0.215 e. The Bertz CT molecular complexity index is 684. The minimum atomic E-state index is -3.43. The second-order valence-electron chi connectivity index (χ2n) is 5.25. The highest BCUT2D eigenvalue weighted by atomic mass is 32.2. The summed E-state index contributed by atoms with van der Waals surface area (Å²) < 4.78 is 39.8. The quantitative estimate of drug-likeness (QED) is 0.849. The fourth-order valence-electron chi connectivity index (χ4n) is 2.30. The molecule has 118 valence electrons. The molecule has 2 rings (SSSR count). The summed E-state index contributed by atoms with van der Waals surface area (Å²) in [4.78, 5) is 0. The van der Waals surface area contributed by atoms with Crippen molar-refractivity contribution in [3.8, 4) is 0 Å². The zero-order chi connectivity index (χ0) is 16.0. The molecule has 1 unspecified atom stereocenters.